The minimum Gasteiger partial charge on any atom is -0.438 e. The maximum atomic E-state index is 11.2. The van der Waals surface area contributed by atoms with Gasteiger partial charge in [0.05, 0.1) is 0 Å². The molecule has 1 amide bonds. The van der Waals surface area contributed by atoms with Crippen LogP contribution in [-0.2, 0) is 11.2 Å². The van der Waals surface area contributed by atoms with Gasteiger partial charge in [-0.1, -0.05) is 30.3 Å². The van der Waals surface area contributed by atoms with E-state index in [0.29, 0.717) is 6.42 Å². The molecule has 86 valence electrons. The molecule has 0 bridgehead atoms. The van der Waals surface area contributed by atoms with Crippen LogP contribution in [-0.4, -0.2) is 22.5 Å². The first-order valence-electron chi connectivity index (χ1n) is 5.20. The largest absolute Gasteiger partial charge is 0.438 e. The molecule has 2 atom stereocenters. The van der Waals surface area contributed by atoms with Crippen LogP contribution in [0.1, 0.15) is 19.4 Å². The Kier molecular flexibility index (Phi) is 2.39. The van der Waals surface area contributed by atoms with Gasteiger partial charge in [0, 0.05) is 6.42 Å². The number of hydrogen-bond donors (Lipinski definition) is 2. The maximum absolute atomic E-state index is 11.2. The van der Waals surface area contributed by atoms with Crippen LogP contribution in [0.25, 0.3) is 0 Å². The Morgan fingerprint density at radius 1 is 1.31 bits per heavy atom. The molecule has 1 aliphatic rings. The van der Waals surface area contributed by atoms with Crippen LogP contribution in [0.3, 0.4) is 0 Å². The number of cyclic esters (lactones) is 1. The molecule has 1 aliphatic heterocycles. The molecule has 1 aromatic rings. The van der Waals surface area contributed by atoms with Crippen molar-refractivity contribution in [1.29, 1.82) is 0 Å². The van der Waals surface area contributed by atoms with E-state index < -0.39 is 17.4 Å². The number of rotatable bonds is 2. The molecule has 0 unspecified atom stereocenters. The van der Waals surface area contributed by atoms with Crippen LogP contribution in [0.5, 0.6) is 0 Å². The predicted molar refractivity (Wildman–Crippen MR) is 58.8 cm³/mol. The van der Waals surface area contributed by atoms with Gasteiger partial charge >= 0.3 is 6.09 Å². The minimum atomic E-state index is -1.35. The van der Waals surface area contributed by atoms with Crippen molar-refractivity contribution in [2.75, 3.05) is 0 Å². The predicted octanol–water partition coefficient (Wildman–Crippen LogP) is 1.44. The fourth-order valence-electron chi connectivity index (χ4n) is 1.85. The lowest BCUT2D eigenvalue weighted by Gasteiger charge is -2.32. The smallest absolute Gasteiger partial charge is 0.410 e. The molecule has 0 spiro atoms. The number of amides is 1. The zero-order chi connectivity index (χ0) is 11.8. The first kappa shape index (κ1) is 11.0. The lowest BCUT2D eigenvalue weighted by Crippen LogP contribution is -2.54. The van der Waals surface area contributed by atoms with Gasteiger partial charge in [-0.25, -0.2) is 4.79 Å². The van der Waals surface area contributed by atoms with Crippen LogP contribution in [0.15, 0.2) is 30.3 Å². The highest BCUT2D eigenvalue weighted by Gasteiger charge is 2.53. The van der Waals surface area contributed by atoms with Crippen molar-refractivity contribution in [3.63, 3.8) is 0 Å². The quantitative estimate of drug-likeness (QED) is 0.794. The molecule has 2 N–H and O–H groups in total. The van der Waals surface area contributed by atoms with Gasteiger partial charge < -0.3 is 9.84 Å². The highest BCUT2D eigenvalue weighted by molar-refractivity contribution is 5.71. The first-order chi connectivity index (χ1) is 7.43. The Morgan fingerprint density at radius 3 is 2.44 bits per heavy atom. The number of benzene rings is 1. The minimum absolute atomic E-state index is 0.472. The molecule has 4 nitrogen and oxygen atoms in total. The summed E-state index contributed by atoms with van der Waals surface area (Å²) in [6.45, 7) is 3.26. The number of ether oxygens (including phenoxy) is 1. The maximum Gasteiger partial charge on any atom is 0.410 e. The summed E-state index contributed by atoms with van der Waals surface area (Å²) in [5, 5.41) is 12.5. The van der Waals surface area contributed by atoms with Crippen molar-refractivity contribution >= 4 is 6.09 Å². The molecule has 2 rings (SSSR count). The molecule has 0 aliphatic carbocycles. The summed E-state index contributed by atoms with van der Waals surface area (Å²) in [5.74, 6) is 0. The molecule has 0 saturated carbocycles. The van der Waals surface area contributed by atoms with Crippen molar-refractivity contribution in [2.45, 2.75) is 31.6 Å². The summed E-state index contributed by atoms with van der Waals surface area (Å²) in [6.07, 6.45) is -0.108. The topological polar surface area (TPSA) is 58.6 Å². The average Bonchev–Trinajstić information content (AvgIpc) is 2.36. The van der Waals surface area contributed by atoms with Gasteiger partial charge in [0.1, 0.15) is 0 Å². The van der Waals surface area contributed by atoms with Crippen LogP contribution >= 0.6 is 0 Å². The fraction of sp³-hybridized carbons (Fsp3) is 0.417. The van der Waals surface area contributed by atoms with Crippen molar-refractivity contribution in [1.82, 2.24) is 5.32 Å². The number of aliphatic hydroxyl groups is 1. The van der Waals surface area contributed by atoms with E-state index in [4.69, 9.17) is 4.74 Å². The summed E-state index contributed by atoms with van der Waals surface area (Å²) in [5.41, 5.74) is -1.27. The highest BCUT2D eigenvalue weighted by atomic mass is 16.6. The van der Waals surface area contributed by atoms with E-state index in [2.05, 4.69) is 5.32 Å². The first-order valence-corrected chi connectivity index (χ1v) is 5.20. The zero-order valence-corrected chi connectivity index (χ0v) is 9.36. The molecule has 0 aromatic heterocycles. The van der Waals surface area contributed by atoms with Crippen LogP contribution in [0.2, 0.25) is 0 Å². The second kappa shape index (κ2) is 3.49. The monoisotopic (exact) mass is 221 g/mol. The summed E-state index contributed by atoms with van der Waals surface area (Å²) >= 11 is 0. The van der Waals surface area contributed by atoms with Crippen LogP contribution in [0, 0.1) is 0 Å². The van der Waals surface area contributed by atoms with Crippen LogP contribution < -0.4 is 5.32 Å². The third-order valence-electron chi connectivity index (χ3n) is 3.08. The zero-order valence-electron chi connectivity index (χ0n) is 9.36. The van der Waals surface area contributed by atoms with E-state index >= 15 is 0 Å². The van der Waals surface area contributed by atoms with Crippen molar-refractivity contribution < 1.29 is 14.6 Å². The third kappa shape index (κ3) is 1.76. The molecule has 1 fully saturated rings. The number of alkyl carbamates (subject to hydrolysis) is 1. The van der Waals surface area contributed by atoms with E-state index in [1.165, 1.54) is 0 Å². The number of nitrogens with one attached hydrogen (secondary N) is 1. The molecule has 1 aromatic carbocycles. The van der Waals surface area contributed by atoms with Gasteiger partial charge in [0.25, 0.3) is 0 Å². The molecular formula is C12H15NO3. The highest BCUT2D eigenvalue weighted by Crippen LogP contribution is 2.32. The Bertz CT molecular complexity index is 402. The summed E-state index contributed by atoms with van der Waals surface area (Å²) in [7, 11) is 0. The normalized spacial score (nSPS) is 33.3. The van der Waals surface area contributed by atoms with E-state index in [1.54, 1.807) is 13.8 Å². The lowest BCUT2D eigenvalue weighted by molar-refractivity contribution is -0.0931. The van der Waals surface area contributed by atoms with E-state index in [0.717, 1.165) is 5.56 Å². The Balaban J connectivity index is 2.23. The second-order valence-electron chi connectivity index (χ2n) is 4.48. The van der Waals surface area contributed by atoms with E-state index in [1.807, 2.05) is 30.3 Å². The SMILES string of the molecule is C[C@@]1(O)NC(=O)O[C@@]1(C)Cc1ccccc1. The van der Waals surface area contributed by atoms with Gasteiger partial charge in [-0.05, 0) is 19.4 Å². The second-order valence-corrected chi connectivity index (χ2v) is 4.48. The molecular weight excluding hydrogens is 206 g/mol. The van der Waals surface area contributed by atoms with Gasteiger partial charge in [-0.3, -0.25) is 5.32 Å². The molecule has 1 saturated heterocycles. The molecule has 4 heteroatoms. The molecule has 16 heavy (non-hydrogen) atoms. The van der Waals surface area contributed by atoms with Gasteiger partial charge in [0.15, 0.2) is 11.3 Å². The van der Waals surface area contributed by atoms with Crippen molar-refractivity contribution in [3.8, 4) is 0 Å². The number of carbonyl (C=O) groups is 1. The van der Waals surface area contributed by atoms with E-state index in [9.17, 15) is 9.90 Å². The summed E-state index contributed by atoms with van der Waals surface area (Å²) in [4.78, 5) is 11.2. The van der Waals surface area contributed by atoms with Gasteiger partial charge in [0.2, 0.25) is 0 Å². The number of hydrogen-bond acceptors (Lipinski definition) is 3. The van der Waals surface area contributed by atoms with Gasteiger partial charge in [-0.2, -0.15) is 0 Å². The van der Waals surface area contributed by atoms with Gasteiger partial charge in [-0.15, -0.1) is 0 Å². The Hall–Kier alpha value is -1.55. The lowest BCUT2D eigenvalue weighted by atomic mass is 9.87. The standard InChI is InChI=1S/C12H15NO3/c1-11(8-9-6-4-3-5-7-9)12(2,15)13-10(14)16-11/h3-7,15H,8H2,1-2H3,(H,13,14)/t11-,12-/m0/s1. The number of carbonyl (C=O) groups excluding carboxylic acids is 1. The third-order valence-corrected chi connectivity index (χ3v) is 3.08. The molecule has 1 heterocycles. The Morgan fingerprint density at radius 2 is 1.94 bits per heavy atom. The Labute approximate surface area is 94.2 Å². The fourth-order valence-corrected chi connectivity index (χ4v) is 1.85. The van der Waals surface area contributed by atoms with Crippen molar-refractivity contribution in [2.24, 2.45) is 0 Å². The van der Waals surface area contributed by atoms with E-state index in [-0.39, 0.29) is 0 Å². The average molecular weight is 221 g/mol. The molecule has 0 radical (unpaired) electrons. The summed E-state index contributed by atoms with van der Waals surface area (Å²) in [6, 6.07) is 9.62. The summed E-state index contributed by atoms with van der Waals surface area (Å²) < 4.78 is 5.17. The van der Waals surface area contributed by atoms with Crippen molar-refractivity contribution in [3.05, 3.63) is 35.9 Å². The van der Waals surface area contributed by atoms with Crippen LogP contribution in [0.4, 0.5) is 4.79 Å².